The summed E-state index contributed by atoms with van der Waals surface area (Å²) >= 11 is 9.03. The Labute approximate surface area is 106 Å². The van der Waals surface area contributed by atoms with Crippen LogP contribution in [0, 0.1) is 22.7 Å². The van der Waals surface area contributed by atoms with Crippen LogP contribution in [-0.4, -0.2) is 5.91 Å². The SMILES string of the molecule is N#CCC(=O)Nc1cc(C#N)c(Br)cc1Cl. The van der Waals surface area contributed by atoms with E-state index in [0.717, 1.165) is 0 Å². The Bertz CT molecular complexity index is 516. The Hall–Kier alpha value is -1.56. The van der Waals surface area contributed by atoms with Gasteiger partial charge in [0.2, 0.25) is 5.91 Å². The zero-order chi connectivity index (χ0) is 12.1. The Morgan fingerprint density at radius 2 is 2.19 bits per heavy atom. The van der Waals surface area contributed by atoms with Gasteiger partial charge in [0, 0.05) is 4.47 Å². The van der Waals surface area contributed by atoms with Crippen LogP contribution < -0.4 is 5.32 Å². The van der Waals surface area contributed by atoms with E-state index in [2.05, 4.69) is 21.2 Å². The third-order valence-corrected chi connectivity index (χ3v) is 2.66. The van der Waals surface area contributed by atoms with E-state index in [1.807, 2.05) is 6.07 Å². The predicted molar refractivity (Wildman–Crippen MR) is 62.7 cm³/mol. The molecule has 6 heteroatoms. The number of rotatable bonds is 2. The summed E-state index contributed by atoms with van der Waals surface area (Å²) in [7, 11) is 0. The zero-order valence-electron chi connectivity index (χ0n) is 7.92. The Morgan fingerprint density at radius 3 is 2.75 bits per heavy atom. The number of nitriles is 2. The lowest BCUT2D eigenvalue weighted by Gasteiger charge is -2.06. The highest BCUT2D eigenvalue weighted by molar-refractivity contribution is 9.10. The number of halogens is 2. The molecule has 0 aromatic heterocycles. The molecule has 4 nitrogen and oxygen atoms in total. The highest BCUT2D eigenvalue weighted by atomic mass is 79.9. The molecule has 0 radical (unpaired) electrons. The Morgan fingerprint density at radius 1 is 1.50 bits per heavy atom. The van der Waals surface area contributed by atoms with Crippen molar-refractivity contribution < 1.29 is 4.79 Å². The van der Waals surface area contributed by atoms with Crippen LogP contribution in [0.25, 0.3) is 0 Å². The fourth-order valence-electron chi connectivity index (χ4n) is 0.997. The molecule has 0 heterocycles. The molecular weight excluding hydrogens is 293 g/mol. The molecule has 0 bridgehead atoms. The van der Waals surface area contributed by atoms with E-state index in [1.54, 1.807) is 6.07 Å². The van der Waals surface area contributed by atoms with Crippen LogP contribution in [0.2, 0.25) is 5.02 Å². The summed E-state index contributed by atoms with van der Waals surface area (Å²) in [5, 5.41) is 19.9. The van der Waals surface area contributed by atoms with Crippen molar-refractivity contribution >= 4 is 39.1 Å². The number of carbonyl (C=O) groups excluding carboxylic acids is 1. The minimum absolute atomic E-state index is 0.256. The topological polar surface area (TPSA) is 76.7 Å². The summed E-state index contributed by atoms with van der Waals surface area (Å²) in [4.78, 5) is 11.2. The van der Waals surface area contributed by atoms with Crippen LogP contribution in [0.3, 0.4) is 0 Å². The first-order valence-electron chi connectivity index (χ1n) is 4.14. The van der Waals surface area contributed by atoms with Crippen molar-refractivity contribution in [3.8, 4) is 12.1 Å². The second-order valence-electron chi connectivity index (χ2n) is 2.81. The van der Waals surface area contributed by atoms with Crippen molar-refractivity contribution in [3.63, 3.8) is 0 Å². The number of hydrogen-bond donors (Lipinski definition) is 1. The first kappa shape index (κ1) is 12.5. The lowest BCUT2D eigenvalue weighted by Crippen LogP contribution is -2.10. The van der Waals surface area contributed by atoms with Gasteiger partial charge >= 0.3 is 0 Å². The summed E-state index contributed by atoms with van der Waals surface area (Å²) in [5.74, 6) is -0.462. The number of benzene rings is 1. The maximum absolute atomic E-state index is 11.2. The zero-order valence-corrected chi connectivity index (χ0v) is 10.3. The molecule has 0 saturated carbocycles. The number of nitrogens with zero attached hydrogens (tertiary/aromatic N) is 2. The average Bonchev–Trinajstić information content (AvgIpc) is 2.22. The van der Waals surface area contributed by atoms with Crippen LogP contribution in [0.15, 0.2) is 16.6 Å². The molecule has 0 aliphatic carbocycles. The molecular formula is C10H5BrClN3O. The molecule has 1 amide bonds. The van der Waals surface area contributed by atoms with Gasteiger partial charge in [-0.15, -0.1) is 0 Å². The van der Waals surface area contributed by atoms with Crippen molar-refractivity contribution in [2.24, 2.45) is 0 Å². The molecule has 1 rings (SSSR count). The monoisotopic (exact) mass is 297 g/mol. The average molecular weight is 299 g/mol. The smallest absolute Gasteiger partial charge is 0.238 e. The lowest BCUT2D eigenvalue weighted by molar-refractivity contribution is -0.115. The summed E-state index contributed by atoms with van der Waals surface area (Å²) in [5.41, 5.74) is 0.679. The maximum atomic E-state index is 11.2. The van der Waals surface area contributed by atoms with E-state index in [1.165, 1.54) is 12.1 Å². The van der Waals surface area contributed by atoms with Gasteiger partial charge in [0.1, 0.15) is 12.5 Å². The van der Waals surface area contributed by atoms with Gasteiger partial charge in [-0.3, -0.25) is 4.79 Å². The standard InChI is InChI=1S/C10H5BrClN3O/c11-7-4-8(12)9(3-6(7)5-14)15-10(16)1-2-13/h3-4H,1H2,(H,15,16). The van der Waals surface area contributed by atoms with Gasteiger partial charge in [0.15, 0.2) is 0 Å². The molecule has 80 valence electrons. The second kappa shape index (κ2) is 5.50. The molecule has 0 spiro atoms. The van der Waals surface area contributed by atoms with Crippen molar-refractivity contribution in [3.05, 3.63) is 27.2 Å². The van der Waals surface area contributed by atoms with Gasteiger partial charge in [0.05, 0.1) is 22.3 Å². The largest absolute Gasteiger partial charge is 0.324 e. The Kier molecular flexibility index (Phi) is 4.30. The van der Waals surface area contributed by atoms with Crippen LogP contribution >= 0.6 is 27.5 Å². The van der Waals surface area contributed by atoms with Gasteiger partial charge in [-0.2, -0.15) is 10.5 Å². The molecule has 1 N–H and O–H groups in total. The van der Waals surface area contributed by atoms with E-state index < -0.39 is 5.91 Å². The summed E-state index contributed by atoms with van der Waals surface area (Å²) in [6.45, 7) is 0. The highest BCUT2D eigenvalue weighted by Gasteiger charge is 2.09. The van der Waals surface area contributed by atoms with Crippen LogP contribution in [0.1, 0.15) is 12.0 Å². The molecule has 1 aromatic rings. The number of nitrogens with one attached hydrogen (secondary N) is 1. The third-order valence-electron chi connectivity index (χ3n) is 1.69. The lowest BCUT2D eigenvalue weighted by atomic mass is 10.2. The molecule has 0 atom stereocenters. The number of hydrogen-bond acceptors (Lipinski definition) is 3. The summed E-state index contributed by atoms with van der Waals surface area (Å²) < 4.78 is 0.554. The highest BCUT2D eigenvalue weighted by Crippen LogP contribution is 2.29. The van der Waals surface area contributed by atoms with Crippen molar-refractivity contribution in [2.45, 2.75) is 6.42 Å². The van der Waals surface area contributed by atoms with Crippen LogP contribution in [0.4, 0.5) is 5.69 Å². The Balaban J connectivity index is 3.02. The molecule has 0 aliphatic heterocycles. The van der Waals surface area contributed by atoms with Crippen molar-refractivity contribution in [1.82, 2.24) is 0 Å². The fraction of sp³-hybridized carbons (Fsp3) is 0.100. The van der Waals surface area contributed by atoms with E-state index in [0.29, 0.717) is 20.7 Å². The number of anilines is 1. The first-order valence-corrected chi connectivity index (χ1v) is 5.31. The summed E-state index contributed by atoms with van der Waals surface area (Å²) in [6, 6.07) is 6.63. The van der Waals surface area contributed by atoms with E-state index >= 15 is 0 Å². The predicted octanol–water partition coefficient (Wildman–Crippen LogP) is 2.83. The molecule has 0 saturated heterocycles. The maximum Gasteiger partial charge on any atom is 0.238 e. The summed E-state index contributed by atoms with van der Waals surface area (Å²) in [6.07, 6.45) is -0.256. The van der Waals surface area contributed by atoms with Gasteiger partial charge in [-0.05, 0) is 28.1 Å². The van der Waals surface area contributed by atoms with Crippen LogP contribution in [0.5, 0.6) is 0 Å². The second-order valence-corrected chi connectivity index (χ2v) is 4.07. The quantitative estimate of drug-likeness (QED) is 0.912. The molecule has 0 fully saturated rings. The molecule has 0 aliphatic rings. The van der Waals surface area contributed by atoms with Gasteiger partial charge in [0.25, 0.3) is 0 Å². The van der Waals surface area contributed by atoms with Gasteiger partial charge in [-0.25, -0.2) is 0 Å². The molecule has 16 heavy (non-hydrogen) atoms. The van der Waals surface area contributed by atoms with Crippen molar-refractivity contribution in [1.29, 1.82) is 10.5 Å². The normalized spacial score (nSPS) is 9.00. The first-order chi connectivity index (χ1) is 7.58. The van der Waals surface area contributed by atoms with Gasteiger partial charge in [-0.1, -0.05) is 11.6 Å². The van der Waals surface area contributed by atoms with Gasteiger partial charge < -0.3 is 5.32 Å². The number of carbonyl (C=O) groups is 1. The van der Waals surface area contributed by atoms with E-state index in [4.69, 9.17) is 22.1 Å². The fourth-order valence-corrected chi connectivity index (χ4v) is 1.77. The molecule has 1 aromatic carbocycles. The van der Waals surface area contributed by atoms with Crippen molar-refractivity contribution in [2.75, 3.05) is 5.32 Å². The number of amides is 1. The van der Waals surface area contributed by atoms with Crippen LogP contribution in [-0.2, 0) is 4.79 Å². The third kappa shape index (κ3) is 2.96. The van der Waals surface area contributed by atoms with E-state index in [9.17, 15) is 4.79 Å². The minimum Gasteiger partial charge on any atom is -0.324 e. The van der Waals surface area contributed by atoms with E-state index in [-0.39, 0.29) is 6.42 Å². The molecule has 0 unspecified atom stereocenters. The minimum atomic E-state index is -0.462.